The molecule has 110 valence electrons. The predicted molar refractivity (Wildman–Crippen MR) is 74.9 cm³/mol. The average molecular weight is 269 g/mol. The highest BCUT2D eigenvalue weighted by molar-refractivity contribution is 5.79. The number of nitrogens with one attached hydrogen (secondary N) is 1. The number of aliphatic hydroxyl groups excluding tert-OH is 1. The van der Waals surface area contributed by atoms with Crippen LogP contribution in [0.5, 0.6) is 0 Å². The molecule has 2 saturated heterocycles. The molecule has 2 aliphatic heterocycles. The molecule has 2 N–H and O–H groups in total. The molecular weight excluding hydrogens is 242 g/mol. The molecule has 5 heteroatoms. The fourth-order valence-electron chi connectivity index (χ4n) is 3.02. The van der Waals surface area contributed by atoms with Crippen LogP contribution in [-0.2, 0) is 4.79 Å². The zero-order valence-electron chi connectivity index (χ0n) is 12.0. The highest BCUT2D eigenvalue weighted by Gasteiger charge is 2.28. The summed E-state index contributed by atoms with van der Waals surface area (Å²) >= 11 is 0. The average Bonchev–Trinajstić information content (AvgIpc) is 2.65. The van der Waals surface area contributed by atoms with E-state index in [1.165, 1.54) is 0 Å². The van der Waals surface area contributed by atoms with Crippen molar-refractivity contribution in [2.45, 2.75) is 32.2 Å². The van der Waals surface area contributed by atoms with Crippen LogP contribution in [0.15, 0.2) is 0 Å². The van der Waals surface area contributed by atoms with Gasteiger partial charge in [-0.2, -0.15) is 0 Å². The number of β-amino-alcohol motifs (C(OH)–C–C–N with tert-alkyl or cyclic N) is 1. The molecule has 0 saturated carbocycles. The van der Waals surface area contributed by atoms with Crippen molar-refractivity contribution in [3.8, 4) is 0 Å². The van der Waals surface area contributed by atoms with Crippen LogP contribution in [0.2, 0.25) is 0 Å². The highest BCUT2D eigenvalue weighted by atomic mass is 16.3. The van der Waals surface area contributed by atoms with Gasteiger partial charge in [0.05, 0.1) is 12.5 Å². The van der Waals surface area contributed by atoms with Crippen molar-refractivity contribution in [3.63, 3.8) is 0 Å². The molecule has 0 aromatic heterocycles. The molecule has 2 fully saturated rings. The standard InChI is InChI=1S/C14H27N3O2/c1-12-3-4-13(11-15-12)14(19)17-6-2-5-16(7-8-17)9-10-18/h12-13,15,18H,2-11H2,1H3. The zero-order valence-corrected chi connectivity index (χ0v) is 12.0. The van der Waals surface area contributed by atoms with E-state index in [0.29, 0.717) is 11.9 Å². The number of nitrogens with zero attached hydrogens (tertiary/aromatic N) is 2. The number of hydrogen-bond donors (Lipinski definition) is 2. The smallest absolute Gasteiger partial charge is 0.227 e. The van der Waals surface area contributed by atoms with Crippen LogP contribution in [0, 0.1) is 5.92 Å². The lowest BCUT2D eigenvalue weighted by molar-refractivity contribution is -0.136. The SMILES string of the molecule is CC1CCC(C(=O)N2CCCN(CCO)CC2)CN1. The Kier molecular flexibility index (Phi) is 5.60. The summed E-state index contributed by atoms with van der Waals surface area (Å²) in [5.74, 6) is 0.492. The molecular formula is C14H27N3O2. The van der Waals surface area contributed by atoms with Gasteiger partial charge in [-0.1, -0.05) is 0 Å². The Morgan fingerprint density at radius 1 is 1.26 bits per heavy atom. The largest absolute Gasteiger partial charge is 0.395 e. The van der Waals surface area contributed by atoms with E-state index in [-0.39, 0.29) is 12.5 Å². The summed E-state index contributed by atoms with van der Waals surface area (Å²) in [7, 11) is 0. The molecule has 1 amide bonds. The second kappa shape index (κ2) is 7.22. The van der Waals surface area contributed by atoms with Gasteiger partial charge in [-0.05, 0) is 32.7 Å². The lowest BCUT2D eigenvalue weighted by Gasteiger charge is -2.31. The summed E-state index contributed by atoms with van der Waals surface area (Å²) < 4.78 is 0. The second-order valence-corrected chi connectivity index (χ2v) is 5.83. The lowest BCUT2D eigenvalue weighted by atomic mass is 9.94. The number of aliphatic hydroxyl groups is 1. The van der Waals surface area contributed by atoms with E-state index < -0.39 is 0 Å². The molecule has 2 unspecified atom stereocenters. The molecule has 0 radical (unpaired) electrons. The van der Waals surface area contributed by atoms with Crippen molar-refractivity contribution in [1.82, 2.24) is 15.1 Å². The molecule has 5 nitrogen and oxygen atoms in total. The van der Waals surface area contributed by atoms with Crippen molar-refractivity contribution >= 4 is 5.91 Å². The Labute approximate surface area is 115 Å². The van der Waals surface area contributed by atoms with E-state index in [2.05, 4.69) is 17.1 Å². The molecule has 2 heterocycles. The van der Waals surface area contributed by atoms with Crippen LogP contribution in [0.3, 0.4) is 0 Å². The Hall–Kier alpha value is -0.650. The Bertz CT molecular complexity index is 290. The van der Waals surface area contributed by atoms with Gasteiger partial charge in [-0.3, -0.25) is 9.69 Å². The number of amides is 1. The van der Waals surface area contributed by atoms with Crippen molar-refractivity contribution in [2.24, 2.45) is 5.92 Å². The van der Waals surface area contributed by atoms with Crippen LogP contribution >= 0.6 is 0 Å². The minimum atomic E-state index is 0.167. The van der Waals surface area contributed by atoms with E-state index >= 15 is 0 Å². The molecule has 2 aliphatic rings. The Morgan fingerprint density at radius 2 is 2.11 bits per heavy atom. The minimum Gasteiger partial charge on any atom is -0.395 e. The first-order valence-electron chi connectivity index (χ1n) is 7.56. The molecule has 2 rings (SSSR count). The highest BCUT2D eigenvalue weighted by Crippen LogP contribution is 2.17. The fraction of sp³-hybridized carbons (Fsp3) is 0.929. The monoisotopic (exact) mass is 269 g/mol. The van der Waals surface area contributed by atoms with Crippen molar-refractivity contribution < 1.29 is 9.90 Å². The molecule has 19 heavy (non-hydrogen) atoms. The summed E-state index contributed by atoms with van der Waals surface area (Å²) in [5, 5.41) is 12.4. The van der Waals surface area contributed by atoms with Crippen LogP contribution in [-0.4, -0.2) is 72.7 Å². The topological polar surface area (TPSA) is 55.8 Å². The van der Waals surface area contributed by atoms with Crippen molar-refractivity contribution in [1.29, 1.82) is 0 Å². The van der Waals surface area contributed by atoms with Crippen LogP contribution in [0.25, 0.3) is 0 Å². The number of carbonyl (C=O) groups is 1. The van der Waals surface area contributed by atoms with Crippen molar-refractivity contribution in [2.75, 3.05) is 45.9 Å². The summed E-state index contributed by atoms with van der Waals surface area (Å²) in [6, 6.07) is 0.549. The first-order chi connectivity index (χ1) is 9.20. The van der Waals surface area contributed by atoms with Crippen molar-refractivity contribution in [3.05, 3.63) is 0 Å². The Balaban J connectivity index is 1.82. The van der Waals surface area contributed by atoms with Gasteiger partial charge in [0.15, 0.2) is 0 Å². The maximum absolute atomic E-state index is 12.5. The third-order valence-corrected chi connectivity index (χ3v) is 4.33. The molecule has 0 aliphatic carbocycles. The van der Waals surface area contributed by atoms with Gasteiger partial charge in [-0.25, -0.2) is 0 Å². The van der Waals surface area contributed by atoms with Gasteiger partial charge in [0, 0.05) is 38.8 Å². The zero-order chi connectivity index (χ0) is 13.7. The maximum Gasteiger partial charge on any atom is 0.227 e. The fourth-order valence-corrected chi connectivity index (χ4v) is 3.02. The van der Waals surface area contributed by atoms with Crippen LogP contribution in [0.1, 0.15) is 26.2 Å². The summed E-state index contributed by atoms with van der Waals surface area (Å²) in [5.41, 5.74) is 0. The van der Waals surface area contributed by atoms with E-state index in [9.17, 15) is 4.79 Å². The number of rotatable bonds is 3. The lowest BCUT2D eigenvalue weighted by Crippen LogP contribution is -2.46. The quantitative estimate of drug-likeness (QED) is 0.751. The molecule has 2 atom stereocenters. The van der Waals surface area contributed by atoms with Gasteiger partial charge in [0.25, 0.3) is 0 Å². The van der Waals surface area contributed by atoms with Gasteiger partial charge < -0.3 is 15.3 Å². The molecule has 0 bridgehead atoms. The number of carbonyl (C=O) groups excluding carboxylic acids is 1. The molecule has 0 aromatic rings. The van der Waals surface area contributed by atoms with Crippen LogP contribution < -0.4 is 5.32 Å². The van der Waals surface area contributed by atoms with Gasteiger partial charge in [0.1, 0.15) is 0 Å². The van der Waals surface area contributed by atoms with Gasteiger partial charge in [-0.15, -0.1) is 0 Å². The van der Waals surface area contributed by atoms with E-state index in [1.54, 1.807) is 0 Å². The third-order valence-electron chi connectivity index (χ3n) is 4.33. The first-order valence-corrected chi connectivity index (χ1v) is 7.56. The summed E-state index contributed by atoms with van der Waals surface area (Å²) in [4.78, 5) is 16.8. The first kappa shape index (κ1) is 14.8. The van der Waals surface area contributed by atoms with Crippen LogP contribution in [0.4, 0.5) is 0 Å². The molecule has 0 aromatic carbocycles. The molecule has 0 spiro atoms. The summed E-state index contributed by atoms with van der Waals surface area (Å²) in [6.07, 6.45) is 3.13. The second-order valence-electron chi connectivity index (χ2n) is 5.83. The van der Waals surface area contributed by atoms with E-state index in [0.717, 1.165) is 58.5 Å². The minimum absolute atomic E-state index is 0.167. The number of hydrogen-bond acceptors (Lipinski definition) is 4. The predicted octanol–water partition coefficient (Wildman–Crippen LogP) is -0.0989. The number of piperidine rings is 1. The Morgan fingerprint density at radius 3 is 2.79 bits per heavy atom. The van der Waals surface area contributed by atoms with Gasteiger partial charge in [0.2, 0.25) is 5.91 Å². The normalized spacial score (nSPS) is 30.1. The summed E-state index contributed by atoms with van der Waals surface area (Å²) in [6.45, 7) is 7.50. The van der Waals surface area contributed by atoms with Gasteiger partial charge >= 0.3 is 0 Å². The van der Waals surface area contributed by atoms with E-state index in [1.807, 2.05) is 4.90 Å². The van der Waals surface area contributed by atoms with E-state index in [4.69, 9.17) is 5.11 Å². The third kappa shape index (κ3) is 4.16. The maximum atomic E-state index is 12.5.